The van der Waals surface area contributed by atoms with Gasteiger partial charge in [0.05, 0.1) is 24.7 Å². The van der Waals surface area contributed by atoms with Crippen molar-refractivity contribution in [1.29, 1.82) is 0 Å². The third kappa shape index (κ3) is 6.15. The van der Waals surface area contributed by atoms with Crippen molar-refractivity contribution in [3.63, 3.8) is 0 Å². The Labute approximate surface area is 241 Å². The van der Waals surface area contributed by atoms with Gasteiger partial charge in [-0.25, -0.2) is 4.98 Å². The second kappa shape index (κ2) is 12.8. The molecular weight excluding hydrogens is 520 g/mol. The molecule has 208 valence electrons. The van der Waals surface area contributed by atoms with Gasteiger partial charge < -0.3 is 15.0 Å². The highest BCUT2D eigenvalue weighted by Gasteiger charge is 2.38. The van der Waals surface area contributed by atoms with Crippen LogP contribution in [0.2, 0.25) is 5.02 Å². The fraction of sp³-hybridized carbons (Fsp3) is 0.333. The number of benzene rings is 3. The summed E-state index contributed by atoms with van der Waals surface area (Å²) in [6, 6.07) is 29.0. The first-order chi connectivity index (χ1) is 19.5. The van der Waals surface area contributed by atoms with E-state index < -0.39 is 0 Å². The number of hydrogen-bond acceptors (Lipinski definition) is 4. The van der Waals surface area contributed by atoms with Crippen LogP contribution in [-0.2, 0) is 18.5 Å². The van der Waals surface area contributed by atoms with Crippen LogP contribution in [0.25, 0.3) is 0 Å². The second-order valence-corrected chi connectivity index (χ2v) is 11.1. The van der Waals surface area contributed by atoms with Gasteiger partial charge in [-0.3, -0.25) is 9.69 Å². The number of aromatic nitrogens is 2. The average Bonchev–Trinajstić information content (AvgIpc) is 3.40. The number of carbonyl (C=O) groups is 1. The van der Waals surface area contributed by atoms with Crippen LogP contribution < -0.4 is 5.32 Å². The molecular formula is C33H37ClN4O2. The zero-order valence-electron chi connectivity index (χ0n) is 23.0. The number of halogens is 1. The monoisotopic (exact) mass is 556 g/mol. The van der Waals surface area contributed by atoms with Crippen molar-refractivity contribution in [3.05, 3.63) is 124 Å². The van der Waals surface area contributed by atoms with E-state index in [2.05, 4.69) is 70.9 Å². The minimum Gasteiger partial charge on any atom is -0.394 e. The number of imidazole rings is 1. The summed E-state index contributed by atoms with van der Waals surface area (Å²) >= 11 is 6.08. The van der Waals surface area contributed by atoms with Crippen molar-refractivity contribution >= 4 is 17.5 Å². The topological polar surface area (TPSA) is 70.4 Å². The molecule has 2 N–H and O–H groups in total. The maximum atomic E-state index is 13.5. The molecule has 7 heteroatoms. The Balaban J connectivity index is 1.38. The van der Waals surface area contributed by atoms with E-state index in [9.17, 15) is 9.90 Å². The summed E-state index contributed by atoms with van der Waals surface area (Å²) in [7, 11) is 0. The number of piperidine rings is 1. The molecule has 3 aromatic carbocycles. The molecule has 0 aliphatic carbocycles. The summed E-state index contributed by atoms with van der Waals surface area (Å²) in [6.07, 6.45) is 4.37. The summed E-state index contributed by atoms with van der Waals surface area (Å²) in [4.78, 5) is 20.6. The molecule has 0 spiro atoms. The Hall–Kier alpha value is -3.45. The largest absolute Gasteiger partial charge is 0.394 e. The van der Waals surface area contributed by atoms with E-state index in [0.717, 1.165) is 37.2 Å². The number of amides is 1. The molecule has 1 aliphatic heterocycles. The number of hydrogen-bond donors (Lipinski definition) is 2. The number of aliphatic hydroxyl groups is 1. The molecule has 40 heavy (non-hydrogen) atoms. The highest BCUT2D eigenvalue weighted by molar-refractivity contribution is 6.30. The SMILES string of the molecule is CCC(CO)NC(=O)c1c(CN2CCC(c3ccccc3)(c3ccccc3)CC2)ncn1Cc1ccc(Cl)cc1. The number of rotatable bonds is 10. The van der Waals surface area contributed by atoms with E-state index in [-0.39, 0.29) is 24.0 Å². The third-order valence-corrected chi connectivity index (χ3v) is 8.43. The van der Waals surface area contributed by atoms with Gasteiger partial charge in [0.15, 0.2) is 0 Å². The minimum absolute atomic E-state index is 0.0390. The van der Waals surface area contributed by atoms with Gasteiger partial charge in [-0.1, -0.05) is 91.3 Å². The van der Waals surface area contributed by atoms with Crippen LogP contribution in [0.5, 0.6) is 0 Å². The quantitative estimate of drug-likeness (QED) is 0.264. The lowest BCUT2D eigenvalue weighted by Gasteiger charge is -2.43. The van der Waals surface area contributed by atoms with Gasteiger partial charge in [0.2, 0.25) is 0 Å². The molecule has 1 amide bonds. The van der Waals surface area contributed by atoms with E-state index in [0.29, 0.717) is 30.2 Å². The summed E-state index contributed by atoms with van der Waals surface area (Å²) < 4.78 is 1.90. The molecule has 0 saturated carbocycles. The van der Waals surface area contributed by atoms with E-state index in [4.69, 9.17) is 16.6 Å². The fourth-order valence-electron chi connectivity index (χ4n) is 5.80. The minimum atomic E-state index is -0.299. The molecule has 6 nitrogen and oxygen atoms in total. The zero-order valence-corrected chi connectivity index (χ0v) is 23.7. The van der Waals surface area contributed by atoms with E-state index in [1.165, 1.54) is 11.1 Å². The van der Waals surface area contributed by atoms with Crippen LogP contribution >= 0.6 is 11.6 Å². The summed E-state index contributed by atoms with van der Waals surface area (Å²) in [5.74, 6) is -0.206. The normalized spacial score (nSPS) is 16.0. The van der Waals surface area contributed by atoms with Gasteiger partial charge in [0, 0.05) is 23.5 Å². The predicted octanol–water partition coefficient (Wildman–Crippen LogP) is 5.67. The van der Waals surface area contributed by atoms with Crippen LogP contribution in [0, 0.1) is 0 Å². The van der Waals surface area contributed by atoms with Gasteiger partial charge in [0.25, 0.3) is 5.91 Å². The highest BCUT2D eigenvalue weighted by Crippen LogP contribution is 2.42. The fourth-order valence-corrected chi connectivity index (χ4v) is 5.93. The van der Waals surface area contributed by atoms with Gasteiger partial charge in [-0.15, -0.1) is 0 Å². The summed E-state index contributed by atoms with van der Waals surface area (Å²) in [5, 5.41) is 13.4. The van der Waals surface area contributed by atoms with Crippen LogP contribution in [0.15, 0.2) is 91.3 Å². The van der Waals surface area contributed by atoms with Crippen molar-refractivity contribution in [1.82, 2.24) is 19.8 Å². The third-order valence-electron chi connectivity index (χ3n) is 8.18. The van der Waals surface area contributed by atoms with E-state index in [1.54, 1.807) is 6.33 Å². The lowest BCUT2D eigenvalue weighted by atomic mass is 9.68. The van der Waals surface area contributed by atoms with Gasteiger partial charge >= 0.3 is 0 Å². The van der Waals surface area contributed by atoms with Crippen LogP contribution in [0.1, 0.15) is 59.1 Å². The van der Waals surface area contributed by atoms with Crippen molar-refractivity contribution in [2.24, 2.45) is 0 Å². The van der Waals surface area contributed by atoms with Crippen molar-refractivity contribution in [2.75, 3.05) is 19.7 Å². The molecule has 1 saturated heterocycles. The number of nitrogens with zero attached hydrogens (tertiary/aromatic N) is 3. The molecule has 1 atom stereocenters. The van der Waals surface area contributed by atoms with Gasteiger partial charge in [-0.2, -0.15) is 0 Å². The average molecular weight is 557 g/mol. The first-order valence-electron chi connectivity index (χ1n) is 14.1. The molecule has 1 aliphatic rings. The Morgan fingerprint density at radius 2 is 1.55 bits per heavy atom. The van der Waals surface area contributed by atoms with Crippen LogP contribution in [0.3, 0.4) is 0 Å². The van der Waals surface area contributed by atoms with Crippen LogP contribution in [-0.4, -0.2) is 51.2 Å². The molecule has 5 rings (SSSR count). The summed E-state index contributed by atoms with van der Waals surface area (Å²) in [6.45, 7) is 4.73. The maximum Gasteiger partial charge on any atom is 0.270 e. The highest BCUT2D eigenvalue weighted by atomic mass is 35.5. The van der Waals surface area contributed by atoms with Gasteiger partial charge in [0.1, 0.15) is 5.69 Å². The number of nitrogens with one attached hydrogen (secondary N) is 1. The lowest BCUT2D eigenvalue weighted by molar-refractivity contribution is 0.0902. The van der Waals surface area contributed by atoms with Crippen LogP contribution in [0.4, 0.5) is 0 Å². The smallest absolute Gasteiger partial charge is 0.270 e. The molecule has 2 heterocycles. The number of carbonyl (C=O) groups excluding carboxylic acids is 1. The standard InChI is InChI=1S/C33H37ClN4O2/c1-2-29(23-39)36-32(40)31-30(35-24-38(31)21-25-13-15-28(34)16-14-25)22-37-19-17-33(18-20-37,26-9-5-3-6-10-26)27-11-7-4-8-12-27/h3-16,24,29,39H,2,17-23H2,1H3,(H,36,40). The molecule has 1 fully saturated rings. The Morgan fingerprint density at radius 1 is 0.950 bits per heavy atom. The first kappa shape index (κ1) is 28.1. The molecule has 4 aromatic rings. The summed E-state index contributed by atoms with van der Waals surface area (Å²) in [5.41, 5.74) is 4.99. The zero-order chi connectivity index (χ0) is 28.0. The molecule has 0 bridgehead atoms. The maximum absolute atomic E-state index is 13.5. The Bertz CT molecular complexity index is 1340. The first-order valence-corrected chi connectivity index (χ1v) is 14.4. The molecule has 0 radical (unpaired) electrons. The second-order valence-electron chi connectivity index (χ2n) is 10.6. The van der Waals surface area contributed by atoms with Crippen molar-refractivity contribution < 1.29 is 9.90 Å². The van der Waals surface area contributed by atoms with Gasteiger partial charge in [-0.05, 0) is 61.2 Å². The number of likely N-dealkylation sites (tertiary alicyclic amines) is 1. The molecule has 1 unspecified atom stereocenters. The van der Waals surface area contributed by atoms with E-state index >= 15 is 0 Å². The van der Waals surface area contributed by atoms with Crippen molar-refractivity contribution in [2.45, 2.75) is 50.7 Å². The van der Waals surface area contributed by atoms with E-state index in [1.807, 2.05) is 35.8 Å². The Kier molecular flexibility index (Phi) is 9.00. The predicted molar refractivity (Wildman–Crippen MR) is 160 cm³/mol. The molecule has 1 aromatic heterocycles. The number of aliphatic hydroxyl groups excluding tert-OH is 1. The Morgan fingerprint density at radius 3 is 2.10 bits per heavy atom. The lowest BCUT2D eigenvalue weighted by Crippen LogP contribution is -2.43. The van der Waals surface area contributed by atoms with Crippen molar-refractivity contribution in [3.8, 4) is 0 Å².